The summed E-state index contributed by atoms with van der Waals surface area (Å²) < 4.78 is 5.06. The predicted molar refractivity (Wildman–Crippen MR) is 100 cm³/mol. The Morgan fingerprint density at radius 1 is 1.23 bits per heavy atom. The van der Waals surface area contributed by atoms with Crippen molar-refractivity contribution in [2.45, 2.75) is 44.1 Å². The molecule has 0 saturated carbocycles. The van der Waals surface area contributed by atoms with Gasteiger partial charge in [-0.3, -0.25) is 4.79 Å². The van der Waals surface area contributed by atoms with Crippen LogP contribution in [0, 0.1) is 6.92 Å². The van der Waals surface area contributed by atoms with Crippen molar-refractivity contribution in [1.29, 1.82) is 0 Å². The van der Waals surface area contributed by atoms with Crippen molar-refractivity contribution < 1.29 is 9.32 Å². The molecule has 1 unspecified atom stereocenters. The molecule has 2 heterocycles. The first kappa shape index (κ1) is 17.3. The lowest BCUT2D eigenvalue weighted by molar-refractivity contribution is 0.0636. The summed E-state index contributed by atoms with van der Waals surface area (Å²) in [7, 11) is 4.34. The van der Waals surface area contributed by atoms with Crippen LogP contribution in [0.2, 0.25) is 0 Å². The first-order valence-electron chi connectivity index (χ1n) is 9.48. The van der Waals surface area contributed by atoms with Crippen LogP contribution in [-0.2, 0) is 5.41 Å². The third-order valence-electron chi connectivity index (χ3n) is 6.40. The Kier molecular flexibility index (Phi) is 4.35. The van der Waals surface area contributed by atoms with Gasteiger partial charge < -0.3 is 14.3 Å². The zero-order valence-corrected chi connectivity index (χ0v) is 15.9. The van der Waals surface area contributed by atoms with Gasteiger partial charge in [0.05, 0.1) is 6.20 Å². The second kappa shape index (κ2) is 6.54. The van der Waals surface area contributed by atoms with Gasteiger partial charge in [0.15, 0.2) is 0 Å². The van der Waals surface area contributed by atoms with Crippen molar-refractivity contribution in [3.63, 3.8) is 0 Å². The number of hydrogen-bond acceptors (Lipinski definition) is 4. The van der Waals surface area contributed by atoms with Crippen LogP contribution in [0.25, 0.3) is 0 Å². The Labute approximate surface area is 155 Å². The molecular formula is C21H27N3O2. The van der Waals surface area contributed by atoms with Crippen molar-refractivity contribution in [2.75, 3.05) is 27.2 Å². The number of benzene rings is 1. The van der Waals surface area contributed by atoms with Gasteiger partial charge in [-0.2, -0.15) is 0 Å². The Hall–Kier alpha value is -2.14. The molecular weight excluding hydrogens is 326 g/mol. The molecule has 0 radical (unpaired) electrons. The van der Waals surface area contributed by atoms with Crippen LogP contribution in [0.15, 0.2) is 35.0 Å². The van der Waals surface area contributed by atoms with Gasteiger partial charge in [0, 0.05) is 19.1 Å². The lowest BCUT2D eigenvalue weighted by Gasteiger charge is -2.48. The molecule has 0 bridgehead atoms. The van der Waals surface area contributed by atoms with Crippen LogP contribution in [0.5, 0.6) is 0 Å². The zero-order chi connectivity index (χ0) is 18.3. The quantitative estimate of drug-likeness (QED) is 0.828. The Morgan fingerprint density at radius 3 is 2.62 bits per heavy atom. The van der Waals surface area contributed by atoms with E-state index < -0.39 is 0 Å². The summed E-state index contributed by atoms with van der Waals surface area (Å²) in [6.45, 7) is 3.39. The fraction of sp³-hybridized carbons (Fsp3) is 0.524. The molecule has 26 heavy (non-hydrogen) atoms. The van der Waals surface area contributed by atoms with Gasteiger partial charge in [-0.05, 0) is 63.2 Å². The van der Waals surface area contributed by atoms with E-state index in [1.807, 2.05) is 4.90 Å². The molecule has 5 nitrogen and oxygen atoms in total. The van der Waals surface area contributed by atoms with E-state index in [1.54, 1.807) is 13.1 Å². The molecule has 4 rings (SSSR count). The molecule has 1 atom stereocenters. The van der Waals surface area contributed by atoms with Gasteiger partial charge in [0.2, 0.25) is 0 Å². The second-order valence-corrected chi connectivity index (χ2v) is 7.97. The summed E-state index contributed by atoms with van der Waals surface area (Å²) in [5.41, 5.74) is 3.78. The zero-order valence-electron chi connectivity index (χ0n) is 15.9. The largest absolute Gasteiger partial charge is 0.361 e. The average Bonchev–Trinajstić information content (AvgIpc) is 3.08. The van der Waals surface area contributed by atoms with Crippen LogP contribution in [0.4, 0.5) is 0 Å². The predicted octanol–water partition coefficient (Wildman–Crippen LogP) is 3.55. The lowest BCUT2D eigenvalue weighted by atomic mass is 9.63. The molecule has 5 heteroatoms. The van der Waals surface area contributed by atoms with Crippen LogP contribution in [-0.4, -0.2) is 48.0 Å². The SMILES string of the molecule is Cc1oncc1C(=O)N1CCC2(CCC(N(C)C)c3ccccc32)CC1. The van der Waals surface area contributed by atoms with Crippen molar-refractivity contribution in [3.05, 3.63) is 52.9 Å². The molecule has 1 aliphatic carbocycles. The third-order valence-corrected chi connectivity index (χ3v) is 6.40. The first-order chi connectivity index (χ1) is 12.5. The molecule has 138 valence electrons. The minimum absolute atomic E-state index is 0.0499. The Balaban J connectivity index is 1.56. The summed E-state index contributed by atoms with van der Waals surface area (Å²) in [4.78, 5) is 17.1. The number of carbonyl (C=O) groups is 1. The highest BCUT2D eigenvalue weighted by atomic mass is 16.5. The highest BCUT2D eigenvalue weighted by Crippen LogP contribution is 2.49. The molecule has 0 N–H and O–H groups in total. The summed E-state index contributed by atoms with van der Waals surface area (Å²) in [6, 6.07) is 9.42. The number of likely N-dealkylation sites (tertiary alicyclic amines) is 1. The summed E-state index contributed by atoms with van der Waals surface area (Å²) in [6.07, 6.45) is 5.98. The standard InChI is InChI=1S/C21H27N3O2/c1-15-17(14-22-26-15)20(25)24-12-10-21(11-13-24)9-8-19(23(2)3)16-6-4-5-7-18(16)21/h4-7,14,19H,8-13H2,1-3H3. The van der Waals surface area contributed by atoms with Crippen LogP contribution >= 0.6 is 0 Å². The van der Waals surface area contributed by atoms with E-state index >= 15 is 0 Å². The van der Waals surface area contributed by atoms with Crippen molar-refractivity contribution in [2.24, 2.45) is 0 Å². The maximum atomic E-state index is 12.8. The molecule has 1 aliphatic heterocycles. The molecule has 1 amide bonds. The number of aryl methyl sites for hydroxylation is 1. The number of aromatic nitrogens is 1. The van der Waals surface area contributed by atoms with E-state index in [2.05, 4.69) is 48.4 Å². The van der Waals surface area contributed by atoms with E-state index in [-0.39, 0.29) is 11.3 Å². The van der Waals surface area contributed by atoms with Gasteiger partial charge in [-0.1, -0.05) is 29.4 Å². The number of carbonyl (C=O) groups excluding carboxylic acids is 1. The smallest absolute Gasteiger partial charge is 0.259 e. The van der Waals surface area contributed by atoms with E-state index in [1.165, 1.54) is 24.0 Å². The molecule has 1 saturated heterocycles. The minimum Gasteiger partial charge on any atom is -0.361 e. The van der Waals surface area contributed by atoms with Gasteiger partial charge in [0.1, 0.15) is 11.3 Å². The summed E-state index contributed by atoms with van der Waals surface area (Å²) in [5.74, 6) is 0.654. The maximum Gasteiger partial charge on any atom is 0.259 e. The number of piperidine rings is 1. The third kappa shape index (κ3) is 2.75. The molecule has 2 aliphatic rings. The molecule has 2 aromatic rings. The Bertz CT molecular complexity index is 803. The van der Waals surface area contributed by atoms with Gasteiger partial charge in [-0.25, -0.2) is 0 Å². The topological polar surface area (TPSA) is 49.6 Å². The van der Waals surface area contributed by atoms with Gasteiger partial charge in [-0.15, -0.1) is 0 Å². The van der Waals surface area contributed by atoms with Gasteiger partial charge >= 0.3 is 0 Å². The fourth-order valence-corrected chi connectivity index (χ4v) is 4.84. The normalized spacial score (nSPS) is 21.8. The minimum atomic E-state index is 0.0499. The lowest BCUT2D eigenvalue weighted by Crippen LogP contribution is -2.47. The molecule has 1 spiro atoms. The van der Waals surface area contributed by atoms with Crippen LogP contribution in [0.1, 0.15) is 59.0 Å². The van der Waals surface area contributed by atoms with E-state index in [0.29, 0.717) is 17.4 Å². The maximum absolute atomic E-state index is 12.8. The molecule has 1 aromatic carbocycles. The van der Waals surface area contributed by atoms with Crippen molar-refractivity contribution in [3.8, 4) is 0 Å². The van der Waals surface area contributed by atoms with Crippen LogP contribution < -0.4 is 0 Å². The number of amides is 1. The number of hydrogen-bond donors (Lipinski definition) is 0. The number of fused-ring (bicyclic) bond motifs is 2. The highest BCUT2D eigenvalue weighted by molar-refractivity contribution is 5.94. The highest BCUT2D eigenvalue weighted by Gasteiger charge is 2.43. The van der Waals surface area contributed by atoms with Gasteiger partial charge in [0.25, 0.3) is 5.91 Å². The fourth-order valence-electron chi connectivity index (χ4n) is 4.84. The molecule has 1 fully saturated rings. The van der Waals surface area contributed by atoms with E-state index in [4.69, 9.17) is 4.52 Å². The monoisotopic (exact) mass is 353 g/mol. The number of rotatable bonds is 2. The number of nitrogens with zero attached hydrogens (tertiary/aromatic N) is 3. The van der Waals surface area contributed by atoms with Crippen molar-refractivity contribution in [1.82, 2.24) is 15.0 Å². The van der Waals surface area contributed by atoms with E-state index in [0.717, 1.165) is 25.9 Å². The van der Waals surface area contributed by atoms with Crippen LogP contribution in [0.3, 0.4) is 0 Å². The second-order valence-electron chi connectivity index (χ2n) is 7.97. The summed E-state index contributed by atoms with van der Waals surface area (Å²) in [5, 5.41) is 3.75. The first-order valence-corrected chi connectivity index (χ1v) is 9.48. The average molecular weight is 353 g/mol. The van der Waals surface area contributed by atoms with Crippen molar-refractivity contribution >= 4 is 5.91 Å². The molecule has 1 aromatic heterocycles. The Morgan fingerprint density at radius 2 is 1.96 bits per heavy atom. The summed E-state index contributed by atoms with van der Waals surface area (Å²) >= 11 is 0. The van der Waals surface area contributed by atoms with E-state index in [9.17, 15) is 4.79 Å².